The van der Waals surface area contributed by atoms with Crippen LogP contribution in [0.5, 0.6) is 5.75 Å². The molecule has 15 heteroatoms. The fourth-order valence-electron chi connectivity index (χ4n) is 5.30. The number of ether oxygens (including phenoxy) is 1. The second-order valence-corrected chi connectivity index (χ2v) is 13.3. The molecule has 2 heterocycles. The number of amides is 1. The van der Waals surface area contributed by atoms with Crippen molar-refractivity contribution >= 4 is 32.5 Å². The van der Waals surface area contributed by atoms with Gasteiger partial charge in [0.25, 0.3) is 11.8 Å². The molecule has 2 atom stereocenters. The van der Waals surface area contributed by atoms with Gasteiger partial charge in [0.2, 0.25) is 0 Å². The first-order chi connectivity index (χ1) is 20.9. The lowest BCUT2D eigenvalue weighted by atomic mass is 9.93. The van der Waals surface area contributed by atoms with Crippen LogP contribution in [0.3, 0.4) is 0 Å². The summed E-state index contributed by atoms with van der Waals surface area (Å²) in [5.41, 5.74) is 0.786. The molecule has 0 aliphatic carbocycles. The molecule has 45 heavy (non-hydrogen) atoms. The van der Waals surface area contributed by atoms with Crippen LogP contribution < -0.4 is 15.4 Å². The van der Waals surface area contributed by atoms with E-state index in [2.05, 4.69) is 27.5 Å². The predicted molar refractivity (Wildman–Crippen MR) is 159 cm³/mol. The first kappa shape index (κ1) is 34.0. The van der Waals surface area contributed by atoms with Crippen molar-refractivity contribution in [2.75, 3.05) is 44.9 Å². The zero-order valence-corrected chi connectivity index (χ0v) is 26.0. The number of carbonyl (C=O) groups is 1. The Morgan fingerprint density at radius 3 is 2.51 bits per heavy atom. The summed E-state index contributed by atoms with van der Waals surface area (Å²) in [7, 11) is -2.06. The van der Waals surface area contributed by atoms with Crippen molar-refractivity contribution < 1.29 is 39.9 Å². The monoisotopic (exact) mass is 655 g/mol. The number of anilines is 1. The van der Waals surface area contributed by atoms with Crippen LogP contribution in [0.1, 0.15) is 36.2 Å². The van der Waals surface area contributed by atoms with E-state index in [4.69, 9.17) is 4.74 Å². The molecule has 0 spiro atoms. The van der Waals surface area contributed by atoms with Crippen molar-refractivity contribution in [2.24, 2.45) is 5.92 Å². The van der Waals surface area contributed by atoms with E-state index in [1.165, 1.54) is 37.4 Å². The summed E-state index contributed by atoms with van der Waals surface area (Å²) in [5, 5.41) is 5.89. The lowest BCUT2D eigenvalue weighted by Crippen LogP contribution is -2.51. The number of alkyl halides is 5. The number of piperidine rings is 1. The summed E-state index contributed by atoms with van der Waals surface area (Å²) in [6, 6.07) is 6.82. The Morgan fingerprint density at radius 2 is 1.89 bits per heavy atom. The van der Waals surface area contributed by atoms with Gasteiger partial charge in [-0.15, -0.1) is 0 Å². The highest BCUT2D eigenvalue weighted by Gasteiger charge is 2.33. The maximum atomic E-state index is 13.5. The molecule has 1 saturated heterocycles. The molecule has 1 aliphatic rings. The van der Waals surface area contributed by atoms with Gasteiger partial charge >= 0.3 is 6.18 Å². The van der Waals surface area contributed by atoms with Crippen LogP contribution in [0.25, 0.3) is 11.0 Å². The molecule has 0 unspecified atom stereocenters. The van der Waals surface area contributed by atoms with Crippen LogP contribution in [-0.2, 0) is 16.4 Å². The lowest BCUT2D eigenvalue weighted by Gasteiger charge is -2.38. The van der Waals surface area contributed by atoms with Crippen molar-refractivity contribution in [1.29, 1.82) is 0 Å². The van der Waals surface area contributed by atoms with Gasteiger partial charge in [0, 0.05) is 37.9 Å². The van der Waals surface area contributed by atoms with E-state index < -0.39 is 34.4 Å². The summed E-state index contributed by atoms with van der Waals surface area (Å²) in [4.78, 5) is 19.3. The summed E-state index contributed by atoms with van der Waals surface area (Å²) in [6.07, 6.45) is -2.03. The van der Waals surface area contributed by atoms with Gasteiger partial charge in [0.05, 0.1) is 48.2 Å². The summed E-state index contributed by atoms with van der Waals surface area (Å²) >= 11 is 0. The Bertz CT molecular complexity index is 1720. The zero-order chi connectivity index (χ0) is 33.2. The number of benzene rings is 2. The van der Waals surface area contributed by atoms with Crippen molar-refractivity contribution in [3.05, 3.63) is 47.8 Å². The molecule has 1 amide bonds. The minimum atomic E-state index is -4.54. The molecule has 244 valence electrons. The molecule has 3 aromatic rings. The Morgan fingerprint density at radius 1 is 1.16 bits per heavy atom. The molecular formula is C30H34F5N5O4S. The van der Waals surface area contributed by atoms with E-state index in [-0.39, 0.29) is 52.1 Å². The van der Waals surface area contributed by atoms with Gasteiger partial charge in [-0.1, -0.05) is 18.8 Å². The fourth-order valence-corrected chi connectivity index (χ4v) is 5.95. The molecule has 4 rings (SSSR count). The highest BCUT2D eigenvalue weighted by atomic mass is 32.2. The second kappa shape index (κ2) is 13.2. The minimum Gasteiger partial charge on any atom is -0.495 e. The number of methoxy groups -OCH3 is 1. The third-order valence-electron chi connectivity index (χ3n) is 7.33. The predicted octanol–water partition coefficient (Wildman–Crippen LogP) is 4.57. The van der Waals surface area contributed by atoms with Gasteiger partial charge in [-0.25, -0.2) is 22.2 Å². The number of nitrogens with zero attached hydrogens (tertiary/aromatic N) is 3. The third-order valence-corrected chi connectivity index (χ3v) is 8.44. The SMILES string of the molecule is COc1ccc(S(C)(=O)=O)cc1NCC#Cc1cc(C(=O)N[C@H]2CCN(CC(C)(F)F)C[C@@H]2C)c2ncn(CC(F)(F)F)c2c1. The number of imidazole rings is 1. The van der Waals surface area contributed by atoms with Crippen LogP contribution in [0.4, 0.5) is 27.6 Å². The minimum absolute atomic E-state index is 0.0118. The van der Waals surface area contributed by atoms with Crippen LogP contribution in [0.2, 0.25) is 0 Å². The number of likely N-dealkylation sites (tertiary alicyclic amines) is 1. The fraction of sp³-hybridized carbons (Fsp3) is 0.467. The second-order valence-electron chi connectivity index (χ2n) is 11.3. The molecule has 1 aromatic heterocycles. The number of hydrogen-bond acceptors (Lipinski definition) is 7. The van der Waals surface area contributed by atoms with Gasteiger partial charge in [0.15, 0.2) is 9.84 Å². The molecule has 2 aromatic carbocycles. The van der Waals surface area contributed by atoms with E-state index in [1.807, 2.05) is 6.92 Å². The van der Waals surface area contributed by atoms with Crippen molar-refractivity contribution in [2.45, 2.75) is 49.8 Å². The number of nitrogens with one attached hydrogen (secondary N) is 2. The Labute approximate surface area is 258 Å². The standard InChI is InChI=1S/C30H34F5N5O4S/c1-19-15-39(16-29(2,31)32)11-9-23(19)38-28(41)22-12-20(13-25-27(22)37-18-40(25)17-30(33,34)35)6-5-10-36-24-14-21(45(4,42)43)7-8-26(24)44-3/h7-8,12-14,18-19,23,36H,9-11,15-17H2,1-4H3,(H,38,41)/t19-,23-/m0/s1. The van der Waals surface area contributed by atoms with Gasteiger partial charge in [0.1, 0.15) is 17.8 Å². The number of sulfone groups is 1. The zero-order valence-electron chi connectivity index (χ0n) is 25.1. The number of halogens is 5. The summed E-state index contributed by atoms with van der Waals surface area (Å²) in [6.45, 7) is 1.70. The van der Waals surface area contributed by atoms with Crippen molar-refractivity contribution in [3.63, 3.8) is 0 Å². The van der Waals surface area contributed by atoms with E-state index in [9.17, 15) is 35.2 Å². The lowest BCUT2D eigenvalue weighted by molar-refractivity contribution is -0.140. The first-order valence-corrected chi connectivity index (χ1v) is 15.9. The van der Waals surface area contributed by atoms with Crippen LogP contribution >= 0.6 is 0 Å². The van der Waals surface area contributed by atoms with Crippen LogP contribution in [0.15, 0.2) is 41.6 Å². The molecule has 0 radical (unpaired) electrons. The molecule has 1 aliphatic heterocycles. The highest BCUT2D eigenvalue weighted by Crippen LogP contribution is 2.28. The van der Waals surface area contributed by atoms with Crippen molar-refractivity contribution in [3.8, 4) is 17.6 Å². The topological polar surface area (TPSA) is 106 Å². The van der Waals surface area contributed by atoms with E-state index in [0.29, 0.717) is 30.9 Å². The van der Waals surface area contributed by atoms with E-state index in [1.54, 1.807) is 4.90 Å². The molecule has 2 N–H and O–H groups in total. The average Bonchev–Trinajstić information content (AvgIpc) is 3.31. The Balaban J connectivity index is 1.59. The number of rotatable bonds is 9. The average molecular weight is 656 g/mol. The summed E-state index contributed by atoms with van der Waals surface area (Å²) in [5.74, 6) is 2.51. The van der Waals surface area contributed by atoms with E-state index in [0.717, 1.165) is 24.1 Å². The maximum Gasteiger partial charge on any atom is 0.406 e. The molecule has 0 saturated carbocycles. The smallest absolute Gasteiger partial charge is 0.406 e. The van der Waals surface area contributed by atoms with Gasteiger partial charge in [-0.3, -0.25) is 9.69 Å². The van der Waals surface area contributed by atoms with Gasteiger partial charge in [-0.05, 0) is 42.7 Å². The largest absolute Gasteiger partial charge is 0.495 e. The first-order valence-electron chi connectivity index (χ1n) is 14.0. The number of hydrogen-bond donors (Lipinski definition) is 2. The van der Waals surface area contributed by atoms with E-state index >= 15 is 0 Å². The quantitative estimate of drug-likeness (QED) is 0.257. The number of carbonyl (C=O) groups excluding carboxylic acids is 1. The molecular weight excluding hydrogens is 621 g/mol. The molecule has 0 bridgehead atoms. The number of aromatic nitrogens is 2. The molecule has 9 nitrogen and oxygen atoms in total. The van der Waals surface area contributed by atoms with Crippen molar-refractivity contribution in [1.82, 2.24) is 19.8 Å². The van der Waals surface area contributed by atoms with Gasteiger partial charge in [-0.2, -0.15) is 13.2 Å². The number of fused-ring (bicyclic) bond motifs is 1. The normalized spacial score (nSPS) is 17.9. The van der Waals surface area contributed by atoms with Crippen LogP contribution in [0, 0.1) is 17.8 Å². The summed E-state index contributed by atoms with van der Waals surface area (Å²) < 4.78 is 97.0. The van der Waals surface area contributed by atoms with Gasteiger partial charge < -0.3 is 19.9 Å². The highest BCUT2D eigenvalue weighted by molar-refractivity contribution is 7.90. The Kier molecular flexibility index (Phi) is 9.98. The Hall–Kier alpha value is -3.90. The molecule has 1 fully saturated rings. The van der Waals surface area contributed by atoms with Crippen LogP contribution in [-0.4, -0.2) is 86.5 Å². The maximum absolute atomic E-state index is 13.5. The third kappa shape index (κ3) is 9.07.